The molecule has 0 saturated carbocycles. The Kier molecular flexibility index (Phi) is 2.35. The van der Waals surface area contributed by atoms with Gasteiger partial charge in [-0.25, -0.2) is 0 Å². The lowest BCUT2D eigenvalue weighted by molar-refractivity contribution is -0.121. The lowest BCUT2D eigenvalue weighted by Crippen LogP contribution is -2.18. The number of rotatable bonds is 0. The molecule has 0 aromatic heterocycles. The van der Waals surface area contributed by atoms with E-state index < -0.39 is 10.1 Å². The largest absolute Gasteiger partial charge is 0.400 e. The van der Waals surface area contributed by atoms with Gasteiger partial charge in [0.05, 0.1) is 0 Å². The van der Waals surface area contributed by atoms with Gasteiger partial charge in [-0.3, -0.25) is 0 Å². The van der Waals surface area contributed by atoms with Crippen molar-refractivity contribution in [2.75, 3.05) is 0 Å². The monoisotopic (exact) mass is 224 g/mol. The van der Waals surface area contributed by atoms with Gasteiger partial charge in [0.25, 0.3) is 0 Å². The highest BCUT2D eigenvalue weighted by atomic mass is 127. The first-order chi connectivity index (χ1) is 2.94. The zero-order valence-corrected chi connectivity index (χ0v) is 5.75. The molecule has 44 valence electrons. The van der Waals surface area contributed by atoms with Crippen LogP contribution in [0.15, 0.2) is 0 Å². The molecule has 0 aromatic carbocycles. The maximum Gasteiger partial charge on any atom is 0.400 e. The highest BCUT2D eigenvalue weighted by Crippen LogP contribution is 2.25. The summed E-state index contributed by atoms with van der Waals surface area (Å²) in [6, 6.07) is 0. The molecule has 0 radical (unpaired) electrons. The van der Waals surface area contributed by atoms with Crippen molar-refractivity contribution in [3.63, 3.8) is 0 Å². The van der Waals surface area contributed by atoms with Crippen molar-refractivity contribution in [1.29, 1.82) is 0 Å². The molecular weight excluding hydrogens is 220 g/mol. The summed E-state index contributed by atoms with van der Waals surface area (Å²) in [5.41, 5.74) is 0. The van der Waals surface area contributed by atoms with Gasteiger partial charge in [-0.1, -0.05) is 22.6 Å². The van der Waals surface area contributed by atoms with Crippen LogP contribution in [0.25, 0.3) is 0 Å². The molecule has 1 unspecified atom stereocenters. The summed E-state index contributed by atoms with van der Waals surface area (Å²) in [7, 11) is 0. The van der Waals surface area contributed by atoms with E-state index in [1.807, 2.05) is 0 Å². The third kappa shape index (κ3) is 3.13. The van der Waals surface area contributed by atoms with E-state index in [1.54, 1.807) is 0 Å². The van der Waals surface area contributed by atoms with Crippen molar-refractivity contribution in [2.45, 2.75) is 17.0 Å². The average Bonchev–Trinajstić information content (AvgIpc) is 1.31. The Morgan fingerprint density at radius 1 is 1.43 bits per heavy atom. The second kappa shape index (κ2) is 2.19. The second-order valence-corrected chi connectivity index (χ2v) is 3.03. The maximum absolute atomic E-state index is 11.2. The Balaban J connectivity index is 3.54. The highest BCUT2D eigenvalue weighted by Gasteiger charge is 2.33. The SMILES string of the molecule is CC(I)C(F)(F)F. The van der Waals surface area contributed by atoms with Crippen LogP contribution in [0.1, 0.15) is 6.92 Å². The van der Waals surface area contributed by atoms with E-state index in [9.17, 15) is 13.2 Å². The number of hydrogen-bond acceptors (Lipinski definition) is 0. The molecule has 0 amide bonds. The minimum atomic E-state index is -4.01. The minimum Gasteiger partial charge on any atom is -0.170 e. The fraction of sp³-hybridized carbons (Fsp3) is 1.00. The molecule has 0 saturated heterocycles. The highest BCUT2D eigenvalue weighted by molar-refractivity contribution is 14.1. The summed E-state index contributed by atoms with van der Waals surface area (Å²) in [6.45, 7) is 1.11. The molecule has 0 fully saturated rings. The van der Waals surface area contributed by atoms with Crippen molar-refractivity contribution in [3.8, 4) is 0 Å². The first-order valence-electron chi connectivity index (χ1n) is 1.65. The van der Waals surface area contributed by atoms with E-state index in [4.69, 9.17) is 0 Å². The fourth-order valence-electron chi connectivity index (χ4n) is 0. The topological polar surface area (TPSA) is 0 Å². The van der Waals surface area contributed by atoms with Crippen LogP contribution >= 0.6 is 22.6 Å². The van der Waals surface area contributed by atoms with Gasteiger partial charge < -0.3 is 0 Å². The lowest BCUT2D eigenvalue weighted by Gasteiger charge is -2.05. The van der Waals surface area contributed by atoms with Crippen LogP contribution in [0.2, 0.25) is 0 Å². The zero-order valence-electron chi connectivity index (χ0n) is 3.59. The number of alkyl halides is 4. The summed E-state index contributed by atoms with van der Waals surface area (Å²) in [5, 5.41) is 0. The molecule has 0 heterocycles. The molecule has 0 bridgehead atoms. The summed E-state index contributed by atoms with van der Waals surface area (Å²) in [6.07, 6.45) is -4.01. The van der Waals surface area contributed by atoms with E-state index in [-0.39, 0.29) is 0 Å². The van der Waals surface area contributed by atoms with Crippen molar-refractivity contribution in [2.24, 2.45) is 0 Å². The zero-order chi connectivity index (χ0) is 6.08. The summed E-state index contributed by atoms with van der Waals surface area (Å²) < 4.78 is 32.3. The van der Waals surface area contributed by atoms with Crippen LogP contribution < -0.4 is 0 Å². The van der Waals surface area contributed by atoms with Gasteiger partial charge >= 0.3 is 6.18 Å². The molecular formula is C3H4F3I. The molecule has 0 N–H and O–H groups in total. The van der Waals surface area contributed by atoms with Crippen LogP contribution in [0.4, 0.5) is 13.2 Å². The molecule has 0 spiro atoms. The van der Waals surface area contributed by atoms with Crippen LogP contribution in [-0.4, -0.2) is 10.1 Å². The maximum atomic E-state index is 11.2. The predicted molar refractivity (Wildman–Crippen MR) is 29.5 cm³/mol. The van der Waals surface area contributed by atoms with Gasteiger partial charge in [-0.05, 0) is 6.92 Å². The van der Waals surface area contributed by atoms with Crippen LogP contribution in [0, 0.1) is 0 Å². The number of halogens is 4. The Morgan fingerprint density at radius 2 is 1.57 bits per heavy atom. The Labute approximate surface area is 53.2 Å². The molecule has 0 rings (SSSR count). The standard InChI is InChI=1S/C3H4F3I/c1-2(7)3(4,5)6/h2H,1H3. The third-order valence-electron chi connectivity index (χ3n) is 0.451. The molecule has 0 aliphatic rings. The summed E-state index contributed by atoms with van der Waals surface area (Å²) >= 11 is 1.32. The molecule has 1 atom stereocenters. The van der Waals surface area contributed by atoms with Gasteiger partial charge in [0, 0.05) is 0 Å². The van der Waals surface area contributed by atoms with E-state index >= 15 is 0 Å². The van der Waals surface area contributed by atoms with E-state index in [0.717, 1.165) is 6.92 Å². The van der Waals surface area contributed by atoms with Crippen molar-refractivity contribution < 1.29 is 13.2 Å². The van der Waals surface area contributed by atoms with E-state index in [1.165, 1.54) is 22.6 Å². The van der Waals surface area contributed by atoms with E-state index in [0.29, 0.717) is 0 Å². The molecule has 0 aromatic rings. The lowest BCUT2D eigenvalue weighted by atomic mass is 10.5. The minimum absolute atomic E-state index is 1.11. The first kappa shape index (κ1) is 7.52. The van der Waals surface area contributed by atoms with Crippen molar-refractivity contribution in [3.05, 3.63) is 0 Å². The number of hydrogen-bond donors (Lipinski definition) is 0. The van der Waals surface area contributed by atoms with Crippen LogP contribution in [0.3, 0.4) is 0 Å². The quantitative estimate of drug-likeness (QED) is 0.437. The van der Waals surface area contributed by atoms with Gasteiger partial charge in [0.2, 0.25) is 0 Å². The molecule has 4 heteroatoms. The fourth-order valence-corrected chi connectivity index (χ4v) is 0. The van der Waals surface area contributed by atoms with E-state index in [2.05, 4.69) is 0 Å². The average molecular weight is 224 g/mol. The Bertz CT molecular complexity index is 55.7. The van der Waals surface area contributed by atoms with Gasteiger partial charge in [0.1, 0.15) is 3.92 Å². The van der Waals surface area contributed by atoms with Gasteiger partial charge in [-0.2, -0.15) is 13.2 Å². The third-order valence-corrected chi connectivity index (χ3v) is 1.16. The Hall–Kier alpha value is 0.520. The Morgan fingerprint density at radius 3 is 1.57 bits per heavy atom. The second-order valence-electron chi connectivity index (χ2n) is 1.16. The molecule has 0 aliphatic heterocycles. The van der Waals surface area contributed by atoms with Crippen molar-refractivity contribution >= 4 is 22.6 Å². The van der Waals surface area contributed by atoms with Gasteiger partial charge in [0.15, 0.2) is 0 Å². The first-order valence-corrected chi connectivity index (χ1v) is 2.90. The molecule has 0 aliphatic carbocycles. The normalized spacial score (nSPS) is 16.7. The molecule has 7 heavy (non-hydrogen) atoms. The van der Waals surface area contributed by atoms with Crippen LogP contribution in [0.5, 0.6) is 0 Å². The molecule has 0 nitrogen and oxygen atoms in total. The smallest absolute Gasteiger partial charge is 0.170 e. The summed E-state index contributed by atoms with van der Waals surface area (Å²) in [5.74, 6) is 0. The van der Waals surface area contributed by atoms with Crippen molar-refractivity contribution in [1.82, 2.24) is 0 Å². The summed E-state index contributed by atoms with van der Waals surface area (Å²) in [4.78, 5) is 0. The van der Waals surface area contributed by atoms with Gasteiger partial charge in [-0.15, -0.1) is 0 Å². The predicted octanol–water partition coefficient (Wildman–Crippen LogP) is 2.37. The van der Waals surface area contributed by atoms with Crippen LogP contribution in [-0.2, 0) is 0 Å².